The van der Waals surface area contributed by atoms with Crippen LogP contribution in [-0.4, -0.2) is 43.0 Å². The number of anilines is 2. The highest BCUT2D eigenvalue weighted by Crippen LogP contribution is 2.19. The third-order valence-corrected chi connectivity index (χ3v) is 4.74. The number of pyridine rings is 1. The van der Waals surface area contributed by atoms with Crippen molar-refractivity contribution in [3.63, 3.8) is 0 Å². The summed E-state index contributed by atoms with van der Waals surface area (Å²) in [6.07, 6.45) is 7.09. The van der Waals surface area contributed by atoms with Gasteiger partial charge in [0.1, 0.15) is 17.6 Å². The van der Waals surface area contributed by atoms with Crippen molar-refractivity contribution in [3.05, 3.63) is 54.2 Å². The lowest BCUT2D eigenvalue weighted by molar-refractivity contribution is -0.123. The van der Waals surface area contributed by atoms with Crippen molar-refractivity contribution in [2.75, 3.05) is 30.4 Å². The molecule has 1 unspecified atom stereocenters. The number of rotatable bonds is 7. The molecule has 1 fully saturated rings. The molecule has 0 aliphatic carbocycles. The van der Waals surface area contributed by atoms with Gasteiger partial charge in [-0.25, -0.2) is 4.98 Å². The van der Waals surface area contributed by atoms with E-state index in [1.54, 1.807) is 26.3 Å². The molecule has 0 spiro atoms. The predicted octanol–water partition coefficient (Wildman–Crippen LogP) is 2.85. The average Bonchev–Trinajstić information content (AvgIpc) is 3.28. The molecule has 152 valence electrons. The monoisotopic (exact) mass is 394 g/mol. The molecule has 0 bridgehead atoms. The second-order valence-electron chi connectivity index (χ2n) is 6.93. The molecule has 0 radical (unpaired) electrons. The van der Waals surface area contributed by atoms with Crippen LogP contribution in [0.15, 0.2) is 48.7 Å². The van der Waals surface area contributed by atoms with Crippen LogP contribution in [0.25, 0.3) is 6.08 Å². The number of nitrogens with zero attached hydrogens (tertiary/aromatic N) is 2. The van der Waals surface area contributed by atoms with Crippen LogP contribution < -0.4 is 20.3 Å². The molecule has 7 nitrogen and oxygen atoms in total. The van der Waals surface area contributed by atoms with Gasteiger partial charge in [-0.1, -0.05) is 12.1 Å². The Morgan fingerprint density at radius 1 is 1.14 bits per heavy atom. The Morgan fingerprint density at radius 2 is 1.86 bits per heavy atom. The number of methoxy groups -OCH3 is 1. The van der Waals surface area contributed by atoms with Crippen molar-refractivity contribution < 1.29 is 14.3 Å². The van der Waals surface area contributed by atoms with Gasteiger partial charge in [0.15, 0.2) is 0 Å². The van der Waals surface area contributed by atoms with E-state index in [1.165, 1.54) is 18.9 Å². The molecule has 1 aliphatic rings. The van der Waals surface area contributed by atoms with Crippen LogP contribution in [0.3, 0.4) is 0 Å². The van der Waals surface area contributed by atoms with Gasteiger partial charge in [0.25, 0.3) is 0 Å². The quantitative estimate of drug-likeness (QED) is 0.706. The number of hydrogen-bond acceptors (Lipinski definition) is 5. The van der Waals surface area contributed by atoms with E-state index in [4.69, 9.17) is 4.74 Å². The summed E-state index contributed by atoms with van der Waals surface area (Å²) in [6.45, 7) is 3.68. The van der Waals surface area contributed by atoms with Crippen LogP contribution in [0.1, 0.15) is 25.3 Å². The fourth-order valence-corrected chi connectivity index (χ4v) is 3.06. The van der Waals surface area contributed by atoms with Crippen LogP contribution in [0.4, 0.5) is 11.5 Å². The minimum Gasteiger partial charge on any atom is -0.497 e. The number of carbonyl (C=O) groups excluding carboxylic acids is 2. The van der Waals surface area contributed by atoms with E-state index in [0.29, 0.717) is 5.69 Å². The Bertz CT molecular complexity index is 857. The smallest absolute Gasteiger partial charge is 0.246 e. The molecule has 2 N–H and O–H groups in total. The third kappa shape index (κ3) is 5.81. The minimum atomic E-state index is -0.679. The summed E-state index contributed by atoms with van der Waals surface area (Å²) in [5, 5.41) is 5.44. The summed E-state index contributed by atoms with van der Waals surface area (Å²) >= 11 is 0. The highest BCUT2D eigenvalue weighted by molar-refractivity contribution is 5.99. The number of amides is 2. The Morgan fingerprint density at radius 3 is 2.48 bits per heavy atom. The summed E-state index contributed by atoms with van der Waals surface area (Å²) in [5.41, 5.74) is 1.47. The zero-order valence-electron chi connectivity index (χ0n) is 16.7. The summed E-state index contributed by atoms with van der Waals surface area (Å²) in [7, 11) is 1.60. The maximum atomic E-state index is 12.3. The molecule has 1 atom stereocenters. The van der Waals surface area contributed by atoms with Gasteiger partial charge < -0.3 is 20.3 Å². The number of nitrogens with one attached hydrogen (secondary N) is 2. The molecule has 7 heteroatoms. The molecule has 1 aliphatic heterocycles. The number of aromatic nitrogens is 1. The van der Waals surface area contributed by atoms with Gasteiger partial charge in [-0.05, 0) is 55.7 Å². The van der Waals surface area contributed by atoms with E-state index in [2.05, 4.69) is 20.5 Å². The molecule has 1 saturated heterocycles. The minimum absolute atomic E-state index is 0.299. The first-order chi connectivity index (χ1) is 14.0. The number of hydrogen-bond donors (Lipinski definition) is 2. The molecule has 2 heterocycles. The molecular formula is C22H26N4O3. The van der Waals surface area contributed by atoms with Crippen LogP contribution in [-0.2, 0) is 9.59 Å². The Labute approximate surface area is 170 Å². The van der Waals surface area contributed by atoms with Gasteiger partial charge in [-0.15, -0.1) is 0 Å². The van der Waals surface area contributed by atoms with Gasteiger partial charge in [0.2, 0.25) is 11.8 Å². The molecule has 2 amide bonds. The van der Waals surface area contributed by atoms with E-state index in [9.17, 15) is 9.59 Å². The maximum Gasteiger partial charge on any atom is 0.246 e. The fourth-order valence-electron chi connectivity index (χ4n) is 3.06. The Balaban J connectivity index is 1.48. The summed E-state index contributed by atoms with van der Waals surface area (Å²) < 4.78 is 5.10. The zero-order valence-corrected chi connectivity index (χ0v) is 16.7. The standard InChI is InChI=1S/C22H26N4O3/c1-16(24-21(27)12-7-17-5-9-19(29-2)10-6-17)22(28)25-18-8-11-20(23-15-18)26-13-3-4-14-26/h5-12,15-16H,3-4,13-14H2,1-2H3,(H,24,27)(H,25,28)/b12-7+. The van der Waals surface area contributed by atoms with E-state index in [0.717, 1.165) is 30.2 Å². The topological polar surface area (TPSA) is 83.6 Å². The number of ether oxygens (including phenoxy) is 1. The SMILES string of the molecule is COc1ccc(/C=C/C(=O)NC(C)C(=O)Nc2ccc(N3CCCC3)nc2)cc1. The lowest BCUT2D eigenvalue weighted by Crippen LogP contribution is -2.40. The van der Waals surface area contributed by atoms with Crippen molar-refractivity contribution in [2.24, 2.45) is 0 Å². The second-order valence-corrected chi connectivity index (χ2v) is 6.93. The zero-order chi connectivity index (χ0) is 20.6. The predicted molar refractivity (Wildman–Crippen MR) is 114 cm³/mol. The lowest BCUT2D eigenvalue weighted by atomic mass is 10.2. The van der Waals surface area contributed by atoms with Crippen molar-refractivity contribution in [1.29, 1.82) is 0 Å². The molecule has 1 aromatic heterocycles. The number of benzene rings is 1. The fraction of sp³-hybridized carbons (Fsp3) is 0.318. The van der Waals surface area contributed by atoms with Crippen molar-refractivity contribution >= 4 is 29.4 Å². The van der Waals surface area contributed by atoms with E-state index in [-0.39, 0.29) is 11.8 Å². The highest BCUT2D eigenvalue weighted by Gasteiger charge is 2.16. The summed E-state index contributed by atoms with van der Waals surface area (Å²) in [4.78, 5) is 31.0. The van der Waals surface area contributed by atoms with Crippen LogP contribution in [0.2, 0.25) is 0 Å². The highest BCUT2D eigenvalue weighted by atomic mass is 16.5. The average molecular weight is 394 g/mol. The molecule has 29 heavy (non-hydrogen) atoms. The first-order valence-electron chi connectivity index (χ1n) is 9.69. The lowest BCUT2D eigenvalue weighted by Gasteiger charge is -2.17. The largest absolute Gasteiger partial charge is 0.497 e. The van der Waals surface area contributed by atoms with Gasteiger partial charge in [0, 0.05) is 19.2 Å². The van der Waals surface area contributed by atoms with Gasteiger partial charge in [-0.3, -0.25) is 9.59 Å². The van der Waals surface area contributed by atoms with E-state index < -0.39 is 6.04 Å². The van der Waals surface area contributed by atoms with Gasteiger partial charge >= 0.3 is 0 Å². The molecule has 2 aromatic rings. The van der Waals surface area contributed by atoms with Crippen molar-refractivity contribution in [3.8, 4) is 5.75 Å². The van der Waals surface area contributed by atoms with Crippen molar-refractivity contribution in [1.82, 2.24) is 10.3 Å². The second kappa shape index (κ2) is 9.73. The maximum absolute atomic E-state index is 12.3. The normalized spacial score (nSPS) is 14.6. The van der Waals surface area contributed by atoms with Crippen LogP contribution in [0.5, 0.6) is 5.75 Å². The van der Waals surface area contributed by atoms with E-state index in [1.807, 2.05) is 36.4 Å². The Hall–Kier alpha value is -3.35. The summed E-state index contributed by atoms with van der Waals surface area (Å²) in [6, 6.07) is 10.4. The van der Waals surface area contributed by atoms with Crippen LogP contribution in [0, 0.1) is 0 Å². The Kier molecular flexibility index (Phi) is 6.84. The summed E-state index contributed by atoms with van der Waals surface area (Å²) in [5.74, 6) is 1.03. The molecule has 3 rings (SSSR count). The molecule has 0 saturated carbocycles. The van der Waals surface area contributed by atoms with Gasteiger partial charge in [-0.2, -0.15) is 0 Å². The van der Waals surface area contributed by atoms with E-state index >= 15 is 0 Å². The first-order valence-corrected chi connectivity index (χ1v) is 9.69. The van der Waals surface area contributed by atoms with Crippen molar-refractivity contribution in [2.45, 2.75) is 25.8 Å². The first kappa shape index (κ1) is 20.4. The molecular weight excluding hydrogens is 368 g/mol. The van der Waals surface area contributed by atoms with Crippen LogP contribution >= 0.6 is 0 Å². The number of carbonyl (C=O) groups is 2. The third-order valence-electron chi connectivity index (χ3n) is 4.74. The molecule has 1 aromatic carbocycles. The van der Waals surface area contributed by atoms with Gasteiger partial charge in [0.05, 0.1) is 19.0 Å².